The number of hydrogen-bond donors (Lipinski definition) is 2. The number of nitrogens with one attached hydrogen (secondary N) is 1. The van der Waals surface area contributed by atoms with Gasteiger partial charge < -0.3 is 19.6 Å². The van der Waals surface area contributed by atoms with E-state index in [4.69, 9.17) is 4.74 Å². The molecule has 0 aliphatic heterocycles. The molecule has 112 valence electrons. The number of rotatable bonds is 3. The highest BCUT2D eigenvalue weighted by atomic mass is 16.5. The van der Waals surface area contributed by atoms with Crippen molar-refractivity contribution < 1.29 is 19.4 Å². The van der Waals surface area contributed by atoms with Crippen molar-refractivity contribution in [1.82, 2.24) is 4.98 Å². The van der Waals surface area contributed by atoms with E-state index in [1.807, 2.05) is 42.5 Å². The number of para-hydroxylation sites is 1. The lowest BCUT2D eigenvalue weighted by atomic mass is 10.0. The predicted molar refractivity (Wildman–Crippen MR) is 83.3 cm³/mol. The Morgan fingerprint density at radius 1 is 1.14 bits per heavy atom. The highest BCUT2D eigenvalue weighted by molar-refractivity contribution is 6.02. The summed E-state index contributed by atoms with van der Waals surface area (Å²) in [7, 11) is 2.88. The van der Waals surface area contributed by atoms with Gasteiger partial charge in [-0.1, -0.05) is 24.3 Å². The molecule has 2 aromatic carbocycles. The Labute approximate surface area is 127 Å². The minimum absolute atomic E-state index is 0.0506. The molecule has 0 aliphatic rings. The lowest BCUT2D eigenvalue weighted by Crippen LogP contribution is -2.01. The molecule has 0 spiro atoms. The van der Waals surface area contributed by atoms with Gasteiger partial charge in [-0.25, -0.2) is 4.79 Å². The number of ether oxygens (including phenoxy) is 2. The van der Waals surface area contributed by atoms with Crippen molar-refractivity contribution in [3.63, 3.8) is 0 Å². The molecule has 5 nitrogen and oxygen atoms in total. The molecule has 2 N–H and O–H groups in total. The van der Waals surface area contributed by atoms with E-state index in [2.05, 4.69) is 9.72 Å². The molecule has 0 atom stereocenters. The summed E-state index contributed by atoms with van der Waals surface area (Å²) in [6, 6.07) is 13.1. The third-order valence-electron chi connectivity index (χ3n) is 3.58. The number of aromatic amines is 1. The van der Waals surface area contributed by atoms with Crippen LogP contribution in [-0.2, 0) is 4.74 Å². The fourth-order valence-corrected chi connectivity index (χ4v) is 2.48. The summed E-state index contributed by atoms with van der Waals surface area (Å²) in [5.41, 5.74) is 2.51. The first-order valence-electron chi connectivity index (χ1n) is 6.72. The smallest absolute Gasteiger partial charge is 0.358 e. The van der Waals surface area contributed by atoms with Crippen molar-refractivity contribution in [3.05, 3.63) is 48.2 Å². The molecule has 0 saturated carbocycles. The molecule has 0 unspecified atom stereocenters. The Kier molecular flexibility index (Phi) is 3.47. The van der Waals surface area contributed by atoms with E-state index in [-0.39, 0.29) is 11.4 Å². The summed E-state index contributed by atoms with van der Waals surface area (Å²) in [6.45, 7) is 0. The highest BCUT2D eigenvalue weighted by Gasteiger charge is 2.18. The van der Waals surface area contributed by atoms with Crippen LogP contribution in [-0.4, -0.2) is 30.3 Å². The van der Waals surface area contributed by atoms with E-state index in [9.17, 15) is 9.90 Å². The van der Waals surface area contributed by atoms with Gasteiger partial charge in [0.1, 0.15) is 5.75 Å². The number of H-pyrrole nitrogens is 1. The minimum Gasteiger partial charge on any atom is -0.505 e. The molecule has 0 radical (unpaired) electrons. The number of aromatic hydroxyl groups is 1. The van der Waals surface area contributed by atoms with Crippen LogP contribution in [0.25, 0.3) is 22.0 Å². The van der Waals surface area contributed by atoms with E-state index in [0.29, 0.717) is 10.9 Å². The number of esters is 1. The Morgan fingerprint density at radius 2 is 1.91 bits per heavy atom. The average Bonchev–Trinajstić information content (AvgIpc) is 2.90. The number of benzene rings is 2. The molecule has 1 aromatic heterocycles. The second-order valence-corrected chi connectivity index (χ2v) is 4.80. The van der Waals surface area contributed by atoms with Crippen LogP contribution in [0.4, 0.5) is 0 Å². The number of carbonyl (C=O) groups excluding carboxylic acids is 1. The summed E-state index contributed by atoms with van der Waals surface area (Å²) in [5.74, 6) is 0.0243. The number of carbonyl (C=O) groups is 1. The maximum absolute atomic E-state index is 11.6. The van der Waals surface area contributed by atoms with Crippen molar-refractivity contribution in [3.8, 4) is 22.6 Å². The molecular formula is C17H15NO4. The lowest BCUT2D eigenvalue weighted by molar-refractivity contribution is 0.0592. The van der Waals surface area contributed by atoms with Crippen LogP contribution in [0.1, 0.15) is 10.5 Å². The second kappa shape index (κ2) is 5.44. The van der Waals surface area contributed by atoms with Gasteiger partial charge in [-0.2, -0.15) is 0 Å². The molecule has 0 bridgehead atoms. The normalized spacial score (nSPS) is 10.6. The first-order valence-corrected chi connectivity index (χ1v) is 6.72. The molecule has 0 fully saturated rings. The van der Waals surface area contributed by atoms with Crippen LogP contribution < -0.4 is 4.74 Å². The third kappa shape index (κ3) is 2.16. The summed E-state index contributed by atoms with van der Waals surface area (Å²) in [4.78, 5) is 14.5. The van der Waals surface area contributed by atoms with Crippen LogP contribution in [0, 0.1) is 0 Å². The Morgan fingerprint density at radius 3 is 2.64 bits per heavy atom. The second-order valence-electron chi connectivity index (χ2n) is 4.80. The number of methoxy groups -OCH3 is 2. The van der Waals surface area contributed by atoms with Gasteiger partial charge in [-0.15, -0.1) is 0 Å². The van der Waals surface area contributed by atoms with Gasteiger partial charge >= 0.3 is 5.97 Å². The van der Waals surface area contributed by atoms with Gasteiger partial charge in [0.25, 0.3) is 0 Å². The molecule has 5 heteroatoms. The summed E-state index contributed by atoms with van der Waals surface area (Å²) in [6.07, 6.45) is 0. The SMILES string of the molecule is COC(=O)c1[nH]c2ccc(-c3ccccc3OC)cc2c1O. The van der Waals surface area contributed by atoms with Gasteiger partial charge in [-0.3, -0.25) is 0 Å². The van der Waals surface area contributed by atoms with Crippen molar-refractivity contribution in [2.24, 2.45) is 0 Å². The van der Waals surface area contributed by atoms with Crippen molar-refractivity contribution in [2.75, 3.05) is 14.2 Å². The van der Waals surface area contributed by atoms with Crippen LogP contribution in [0.5, 0.6) is 11.5 Å². The highest BCUT2D eigenvalue weighted by Crippen LogP contribution is 2.35. The molecule has 3 aromatic rings. The summed E-state index contributed by atoms with van der Waals surface area (Å²) >= 11 is 0. The van der Waals surface area contributed by atoms with E-state index in [1.54, 1.807) is 7.11 Å². The fourth-order valence-electron chi connectivity index (χ4n) is 2.48. The van der Waals surface area contributed by atoms with Gasteiger partial charge in [-0.05, 0) is 23.8 Å². The van der Waals surface area contributed by atoms with Gasteiger partial charge in [0, 0.05) is 16.5 Å². The molecular weight excluding hydrogens is 282 g/mol. The zero-order chi connectivity index (χ0) is 15.7. The maximum Gasteiger partial charge on any atom is 0.358 e. The first kappa shape index (κ1) is 14.0. The summed E-state index contributed by atoms with van der Waals surface area (Å²) < 4.78 is 10.0. The topological polar surface area (TPSA) is 71.6 Å². The van der Waals surface area contributed by atoms with Gasteiger partial charge in [0.2, 0.25) is 0 Å². The van der Waals surface area contributed by atoms with E-state index in [1.165, 1.54) is 7.11 Å². The standard InChI is InChI=1S/C17H15NO4/c1-21-14-6-4-3-5-11(14)10-7-8-13-12(9-10)16(19)15(18-13)17(20)22-2/h3-9,18-19H,1-2H3. The van der Waals surface area contributed by atoms with E-state index < -0.39 is 5.97 Å². The number of aromatic nitrogens is 1. The monoisotopic (exact) mass is 297 g/mol. The lowest BCUT2D eigenvalue weighted by Gasteiger charge is -2.08. The van der Waals surface area contributed by atoms with Crippen molar-refractivity contribution in [1.29, 1.82) is 0 Å². The molecule has 1 heterocycles. The van der Waals surface area contributed by atoms with E-state index in [0.717, 1.165) is 16.9 Å². The largest absolute Gasteiger partial charge is 0.505 e. The molecule has 22 heavy (non-hydrogen) atoms. The van der Waals surface area contributed by atoms with Crippen LogP contribution in [0.3, 0.4) is 0 Å². The van der Waals surface area contributed by atoms with Crippen LogP contribution in [0.2, 0.25) is 0 Å². The van der Waals surface area contributed by atoms with Gasteiger partial charge in [0.05, 0.1) is 14.2 Å². The Balaban J connectivity index is 2.18. The fraction of sp³-hybridized carbons (Fsp3) is 0.118. The zero-order valence-electron chi connectivity index (χ0n) is 12.2. The molecule has 0 amide bonds. The minimum atomic E-state index is -0.604. The predicted octanol–water partition coefficient (Wildman–Crippen LogP) is 3.34. The Bertz CT molecular complexity index is 851. The first-order chi connectivity index (χ1) is 10.7. The third-order valence-corrected chi connectivity index (χ3v) is 3.58. The van der Waals surface area contributed by atoms with E-state index >= 15 is 0 Å². The van der Waals surface area contributed by atoms with Crippen LogP contribution >= 0.6 is 0 Å². The quantitative estimate of drug-likeness (QED) is 0.727. The molecule has 3 rings (SSSR count). The molecule has 0 saturated heterocycles. The summed E-state index contributed by atoms with van der Waals surface area (Å²) in [5, 5.41) is 10.8. The van der Waals surface area contributed by atoms with Crippen LogP contribution in [0.15, 0.2) is 42.5 Å². The number of hydrogen-bond acceptors (Lipinski definition) is 4. The van der Waals surface area contributed by atoms with Crippen molar-refractivity contribution in [2.45, 2.75) is 0 Å². The zero-order valence-corrected chi connectivity index (χ0v) is 12.2. The van der Waals surface area contributed by atoms with Gasteiger partial charge in [0.15, 0.2) is 11.4 Å². The Hall–Kier alpha value is -2.95. The average molecular weight is 297 g/mol. The number of fused-ring (bicyclic) bond motifs is 1. The molecule has 0 aliphatic carbocycles. The maximum atomic E-state index is 11.6. The van der Waals surface area contributed by atoms with Crippen molar-refractivity contribution >= 4 is 16.9 Å².